The molecule has 7 heterocycles. The summed E-state index contributed by atoms with van der Waals surface area (Å²) >= 11 is 0. The maximum Gasteiger partial charge on any atom is 0.160 e. The highest BCUT2D eigenvalue weighted by Crippen LogP contribution is 2.55. The van der Waals surface area contributed by atoms with E-state index in [0.717, 1.165) is 88.4 Å². The lowest BCUT2D eigenvalue weighted by atomic mass is 10.0. The summed E-state index contributed by atoms with van der Waals surface area (Å²) in [5.74, 6) is 1.09. The van der Waals surface area contributed by atoms with Crippen molar-refractivity contribution >= 4 is 88.3 Å². The molecule has 7 heteroatoms. The van der Waals surface area contributed by atoms with Gasteiger partial charge in [-0.25, -0.2) is 4.98 Å². The Morgan fingerprint density at radius 3 is 2.18 bits per heavy atom. The molecule has 12 aromatic rings. The normalized spacial score (nSPS) is 16.3. The molecule has 2 unspecified atom stereocenters. The average Bonchev–Trinajstić information content (AvgIpc) is 3.51. The number of allylic oxidation sites excluding steroid dienone is 1. The first-order chi connectivity index (χ1) is 28.3. The molecule has 0 amide bonds. The molecule has 1 fully saturated rings. The van der Waals surface area contributed by atoms with E-state index in [9.17, 15) is 0 Å². The number of pyridine rings is 3. The van der Waals surface area contributed by atoms with Crippen LogP contribution in [0, 0.1) is 5.92 Å². The Balaban J connectivity index is 1.10. The number of hydrogen-bond donors (Lipinski definition) is 0. The van der Waals surface area contributed by atoms with Crippen LogP contribution in [0.1, 0.15) is 23.6 Å². The number of para-hydroxylation sites is 3. The highest BCUT2D eigenvalue weighted by molar-refractivity contribution is 6.19. The lowest BCUT2D eigenvalue weighted by molar-refractivity contribution is 0.672. The Labute approximate surface area is 324 Å². The van der Waals surface area contributed by atoms with Gasteiger partial charge in [-0.05, 0) is 84.1 Å². The van der Waals surface area contributed by atoms with Crippen LogP contribution in [0.4, 0.5) is 0 Å². The monoisotopic (exact) mass is 730 g/mol. The molecule has 2 aliphatic carbocycles. The van der Waals surface area contributed by atoms with Gasteiger partial charge in [0.2, 0.25) is 0 Å². The molecule has 266 valence electrons. The van der Waals surface area contributed by atoms with E-state index in [0.29, 0.717) is 11.8 Å². The van der Waals surface area contributed by atoms with Gasteiger partial charge in [0.1, 0.15) is 16.7 Å². The predicted octanol–water partition coefficient (Wildman–Crippen LogP) is 12.2. The van der Waals surface area contributed by atoms with E-state index in [1.165, 1.54) is 34.0 Å². The number of nitrogens with zero attached hydrogens (tertiary/aromatic N) is 6. The van der Waals surface area contributed by atoms with Gasteiger partial charge < -0.3 is 13.6 Å². The van der Waals surface area contributed by atoms with Crippen molar-refractivity contribution in [1.82, 2.24) is 28.5 Å². The third kappa shape index (κ3) is 3.92. The molecule has 2 aliphatic rings. The summed E-state index contributed by atoms with van der Waals surface area (Å²) in [5, 5.41) is 6.70. The zero-order chi connectivity index (χ0) is 36.9. The molecule has 5 aromatic carbocycles. The molecule has 0 bridgehead atoms. The first-order valence-corrected chi connectivity index (χ1v) is 19.6. The topological polar surface area (TPSA) is 66.1 Å². The molecule has 7 aromatic heterocycles. The van der Waals surface area contributed by atoms with Gasteiger partial charge in [-0.3, -0.25) is 14.4 Å². The summed E-state index contributed by atoms with van der Waals surface area (Å²) in [6.07, 6.45) is 13.7. The minimum Gasteiger partial charge on any atom is -0.454 e. The van der Waals surface area contributed by atoms with Crippen LogP contribution in [0.3, 0.4) is 0 Å². The zero-order valence-electron chi connectivity index (χ0n) is 30.5. The number of aromatic nitrogens is 6. The standard InChI is InChI=1S/C50H30N6O/c1-2-9-36-35(8-1)49-48(56-45-12-6-4-10-41(45)53-50(36)56)38-23-28(14-16-46(38)57-49)30-21-31(54-42-11-5-3-7-33(42)39-26-51-19-17-43(39)54)25-32(22-30)55-44-18-20-52-27-40(44)34-15-13-29-24-37(29)47(34)55/h1-23,25-27,29,37H,24H2. The number of fused-ring (bicyclic) bond motifs is 18. The van der Waals surface area contributed by atoms with E-state index in [1.807, 2.05) is 24.8 Å². The van der Waals surface area contributed by atoms with E-state index >= 15 is 0 Å². The third-order valence-electron chi connectivity index (χ3n) is 12.6. The molecule has 0 spiro atoms. The third-order valence-corrected chi connectivity index (χ3v) is 12.6. The van der Waals surface area contributed by atoms with Crippen LogP contribution in [0.25, 0.3) is 111 Å². The van der Waals surface area contributed by atoms with Crippen LogP contribution in [-0.2, 0) is 0 Å². The predicted molar refractivity (Wildman–Crippen MR) is 230 cm³/mol. The molecule has 0 radical (unpaired) electrons. The second-order valence-electron chi connectivity index (χ2n) is 15.7. The Kier molecular flexibility index (Phi) is 5.55. The number of benzene rings is 5. The number of furan rings is 1. The van der Waals surface area contributed by atoms with Crippen LogP contribution >= 0.6 is 0 Å². The Bertz CT molecular complexity index is 3710. The van der Waals surface area contributed by atoms with Gasteiger partial charge in [0, 0.05) is 85.7 Å². The largest absolute Gasteiger partial charge is 0.454 e. The number of imidazole rings is 1. The summed E-state index contributed by atoms with van der Waals surface area (Å²) in [7, 11) is 0. The minimum atomic E-state index is 0.500. The van der Waals surface area contributed by atoms with Crippen LogP contribution in [0.2, 0.25) is 0 Å². The zero-order valence-corrected chi connectivity index (χ0v) is 30.5. The molecular weight excluding hydrogens is 701 g/mol. The maximum atomic E-state index is 6.80. The Morgan fingerprint density at radius 1 is 0.579 bits per heavy atom. The lowest BCUT2D eigenvalue weighted by Crippen LogP contribution is -2.04. The van der Waals surface area contributed by atoms with Crippen molar-refractivity contribution in [3.05, 3.63) is 163 Å². The van der Waals surface area contributed by atoms with Crippen molar-refractivity contribution in [3.63, 3.8) is 0 Å². The number of rotatable bonds is 3. The molecule has 0 saturated heterocycles. The van der Waals surface area contributed by atoms with Gasteiger partial charge in [0.25, 0.3) is 0 Å². The maximum absolute atomic E-state index is 6.80. The van der Waals surface area contributed by atoms with Gasteiger partial charge in [-0.1, -0.05) is 72.8 Å². The van der Waals surface area contributed by atoms with Crippen LogP contribution in [0.5, 0.6) is 0 Å². The van der Waals surface area contributed by atoms with E-state index in [1.54, 1.807) is 0 Å². The fourth-order valence-corrected chi connectivity index (χ4v) is 10.1. The molecular formula is C50H30N6O. The smallest absolute Gasteiger partial charge is 0.160 e. The second-order valence-corrected chi connectivity index (χ2v) is 15.7. The van der Waals surface area contributed by atoms with Gasteiger partial charge in [0.15, 0.2) is 5.58 Å². The summed E-state index contributed by atoms with van der Waals surface area (Å²) in [4.78, 5) is 14.3. The van der Waals surface area contributed by atoms with Gasteiger partial charge in [0.05, 0.1) is 27.6 Å². The van der Waals surface area contributed by atoms with Crippen molar-refractivity contribution in [2.24, 2.45) is 5.92 Å². The van der Waals surface area contributed by atoms with E-state index < -0.39 is 0 Å². The van der Waals surface area contributed by atoms with E-state index in [2.05, 4.69) is 157 Å². The fourth-order valence-electron chi connectivity index (χ4n) is 10.1. The highest BCUT2D eigenvalue weighted by Gasteiger charge is 2.43. The van der Waals surface area contributed by atoms with Gasteiger partial charge in [-0.15, -0.1) is 0 Å². The van der Waals surface area contributed by atoms with Gasteiger partial charge in [-0.2, -0.15) is 0 Å². The fraction of sp³-hybridized carbons (Fsp3) is 0.0600. The minimum absolute atomic E-state index is 0.500. The van der Waals surface area contributed by atoms with E-state index in [4.69, 9.17) is 9.40 Å². The number of hydrogen-bond acceptors (Lipinski definition) is 4. The van der Waals surface area contributed by atoms with Crippen LogP contribution in [-0.4, -0.2) is 28.5 Å². The van der Waals surface area contributed by atoms with Crippen molar-refractivity contribution in [1.29, 1.82) is 0 Å². The summed E-state index contributed by atoms with van der Waals surface area (Å²) < 4.78 is 14.0. The molecule has 7 nitrogen and oxygen atoms in total. The molecule has 0 aliphatic heterocycles. The first kappa shape index (κ1) is 29.8. The first-order valence-electron chi connectivity index (χ1n) is 19.6. The summed E-state index contributed by atoms with van der Waals surface area (Å²) in [6, 6.07) is 43.5. The molecule has 1 saturated carbocycles. The van der Waals surface area contributed by atoms with Crippen LogP contribution in [0.15, 0.2) is 157 Å². The van der Waals surface area contributed by atoms with Crippen LogP contribution < -0.4 is 0 Å². The quantitative estimate of drug-likeness (QED) is 0.182. The van der Waals surface area contributed by atoms with Crippen molar-refractivity contribution in [2.75, 3.05) is 0 Å². The highest BCUT2D eigenvalue weighted by atomic mass is 16.3. The summed E-state index contributed by atoms with van der Waals surface area (Å²) in [6.45, 7) is 0. The average molecular weight is 731 g/mol. The molecule has 57 heavy (non-hydrogen) atoms. The van der Waals surface area contributed by atoms with Gasteiger partial charge >= 0.3 is 0 Å². The van der Waals surface area contributed by atoms with Crippen molar-refractivity contribution in [3.8, 4) is 22.5 Å². The van der Waals surface area contributed by atoms with E-state index in [-0.39, 0.29) is 0 Å². The van der Waals surface area contributed by atoms with Crippen molar-refractivity contribution in [2.45, 2.75) is 12.3 Å². The molecule has 14 rings (SSSR count). The Hall–Kier alpha value is -7.51. The Morgan fingerprint density at radius 2 is 1.30 bits per heavy atom. The second kappa shape index (κ2) is 10.6. The molecule has 2 atom stereocenters. The van der Waals surface area contributed by atoms with Crippen molar-refractivity contribution < 1.29 is 4.42 Å². The lowest BCUT2D eigenvalue weighted by Gasteiger charge is -2.18. The SMILES string of the molecule is C1=CC2CC2c2c1c1cnccc1n2-c1cc(-c2ccc3oc4c5ccccc5c5nc6ccccc6n5c4c3c2)cc(-n2c3ccccc3c3cnccc32)c1. The molecule has 0 N–H and O–H groups in total. The summed E-state index contributed by atoms with van der Waals surface area (Å²) in [5.41, 5.74) is 16.3.